The number of aryl methyl sites for hydroxylation is 1. The minimum absolute atomic E-state index is 1.14. The number of para-hydroxylation sites is 2. The lowest BCUT2D eigenvalue weighted by Crippen LogP contribution is -2.09. The monoisotopic (exact) mass is 500 g/mol. The lowest BCUT2D eigenvalue weighted by Gasteiger charge is -2.25. The minimum Gasteiger partial charge on any atom is -0.310 e. The Labute approximate surface area is 229 Å². The highest BCUT2D eigenvalue weighted by molar-refractivity contribution is 6.10. The molecule has 0 bridgehead atoms. The average molecular weight is 501 g/mol. The Kier molecular flexibility index (Phi) is 5.71. The minimum atomic E-state index is 1.14. The second kappa shape index (κ2) is 9.66. The fourth-order valence-corrected chi connectivity index (χ4v) is 5.53. The molecule has 186 valence electrons. The highest BCUT2D eigenvalue weighted by Gasteiger charge is 2.17. The largest absolute Gasteiger partial charge is 0.310 e. The first-order chi connectivity index (χ1) is 19.3. The third-order valence-corrected chi connectivity index (χ3v) is 7.45. The topological polar surface area (TPSA) is 8.17 Å². The molecule has 2 heteroatoms. The molecule has 0 aliphatic heterocycles. The average Bonchev–Trinajstić information content (AvgIpc) is 3.33. The maximum Gasteiger partial charge on any atom is 0.0542 e. The van der Waals surface area contributed by atoms with Crippen LogP contribution in [-0.2, 0) is 0 Å². The standard InChI is InChI=1S/C37H28N2/c1-27-16-20-31(21-17-27)38(30-12-6-3-7-13-30)33-24-25-37-35(26-33)34-14-8-9-15-36(34)39(37)32-22-18-29(19-23-32)28-10-4-2-5-11-28/h2-26H,1H3. The summed E-state index contributed by atoms with van der Waals surface area (Å²) in [7, 11) is 0. The Morgan fingerprint density at radius 2 is 1.00 bits per heavy atom. The Morgan fingerprint density at radius 1 is 0.436 bits per heavy atom. The molecule has 0 unspecified atom stereocenters. The zero-order valence-corrected chi connectivity index (χ0v) is 21.8. The fraction of sp³-hybridized carbons (Fsp3) is 0.0270. The lowest BCUT2D eigenvalue weighted by atomic mass is 10.1. The summed E-state index contributed by atoms with van der Waals surface area (Å²) in [4.78, 5) is 2.33. The summed E-state index contributed by atoms with van der Waals surface area (Å²) in [5.74, 6) is 0. The van der Waals surface area contributed by atoms with Gasteiger partial charge < -0.3 is 9.47 Å². The van der Waals surface area contributed by atoms with Gasteiger partial charge in [0.25, 0.3) is 0 Å². The Balaban J connectivity index is 1.40. The van der Waals surface area contributed by atoms with E-state index in [0.29, 0.717) is 0 Å². The van der Waals surface area contributed by atoms with Gasteiger partial charge in [-0.2, -0.15) is 0 Å². The molecule has 6 aromatic carbocycles. The van der Waals surface area contributed by atoms with Gasteiger partial charge in [-0.25, -0.2) is 0 Å². The zero-order chi connectivity index (χ0) is 26.2. The van der Waals surface area contributed by atoms with Crippen molar-refractivity contribution in [3.63, 3.8) is 0 Å². The number of hydrogen-bond donors (Lipinski definition) is 0. The Morgan fingerprint density at radius 3 is 1.74 bits per heavy atom. The van der Waals surface area contributed by atoms with Crippen molar-refractivity contribution in [2.24, 2.45) is 0 Å². The van der Waals surface area contributed by atoms with Crippen molar-refractivity contribution in [3.05, 3.63) is 157 Å². The van der Waals surface area contributed by atoms with Crippen molar-refractivity contribution in [2.45, 2.75) is 6.92 Å². The predicted molar refractivity (Wildman–Crippen MR) is 166 cm³/mol. The van der Waals surface area contributed by atoms with Crippen molar-refractivity contribution < 1.29 is 0 Å². The first kappa shape index (κ1) is 23.1. The third kappa shape index (κ3) is 4.17. The first-order valence-corrected chi connectivity index (χ1v) is 13.4. The molecule has 0 amide bonds. The van der Waals surface area contributed by atoms with E-state index in [0.717, 1.165) is 22.7 Å². The van der Waals surface area contributed by atoms with Gasteiger partial charge in [-0.05, 0) is 78.7 Å². The van der Waals surface area contributed by atoms with Gasteiger partial charge in [-0.3, -0.25) is 0 Å². The molecule has 7 rings (SSSR count). The van der Waals surface area contributed by atoms with Gasteiger partial charge in [-0.15, -0.1) is 0 Å². The summed E-state index contributed by atoms with van der Waals surface area (Å²) in [6.45, 7) is 2.13. The molecule has 2 nitrogen and oxygen atoms in total. The van der Waals surface area contributed by atoms with E-state index in [4.69, 9.17) is 0 Å². The van der Waals surface area contributed by atoms with Crippen molar-refractivity contribution in [1.29, 1.82) is 0 Å². The van der Waals surface area contributed by atoms with Gasteiger partial charge in [0.15, 0.2) is 0 Å². The molecular formula is C37H28N2. The smallest absolute Gasteiger partial charge is 0.0542 e. The predicted octanol–water partition coefficient (Wildman–Crippen LogP) is 10.2. The van der Waals surface area contributed by atoms with Gasteiger partial charge in [0.1, 0.15) is 0 Å². The first-order valence-electron chi connectivity index (χ1n) is 13.4. The molecule has 0 aliphatic carbocycles. The van der Waals surface area contributed by atoms with Crippen LogP contribution in [0.4, 0.5) is 17.1 Å². The van der Waals surface area contributed by atoms with Crippen LogP contribution in [-0.4, -0.2) is 4.57 Å². The number of nitrogens with zero attached hydrogens (tertiary/aromatic N) is 2. The summed E-state index contributed by atoms with van der Waals surface area (Å²) >= 11 is 0. The third-order valence-electron chi connectivity index (χ3n) is 7.45. The number of rotatable bonds is 5. The van der Waals surface area contributed by atoms with E-state index in [1.54, 1.807) is 0 Å². The van der Waals surface area contributed by atoms with E-state index < -0.39 is 0 Å². The summed E-state index contributed by atoms with van der Waals surface area (Å²) in [6, 6.07) is 54.3. The van der Waals surface area contributed by atoms with E-state index >= 15 is 0 Å². The van der Waals surface area contributed by atoms with Crippen LogP contribution in [0, 0.1) is 6.92 Å². The molecule has 7 aromatic rings. The van der Waals surface area contributed by atoms with Gasteiger partial charge in [0.05, 0.1) is 11.0 Å². The fourth-order valence-electron chi connectivity index (χ4n) is 5.53. The molecule has 0 fully saturated rings. The van der Waals surface area contributed by atoms with Crippen LogP contribution >= 0.6 is 0 Å². The molecule has 1 heterocycles. The normalized spacial score (nSPS) is 11.2. The summed E-state index contributed by atoms with van der Waals surface area (Å²) < 4.78 is 2.38. The second-order valence-electron chi connectivity index (χ2n) is 9.97. The van der Waals surface area contributed by atoms with Crippen molar-refractivity contribution in [1.82, 2.24) is 4.57 Å². The molecule has 39 heavy (non-hydrogen) atoms. The number of aromatic nitrogens is 1. The molecule has 1 aromatic heterocycles. The van der Waals surface area contributed by atoms with Crippen LogP contribution in [0.5, 0.6) is 0 Å². The number of anilines is 3. The van der Waals surface area contributed by atoms with Crippen LogP contribution in [0.3, 0.4) is 0 Å². The van der Waals surface area contributed by atoms with Crippen molar-refractivity contribution in [3.8, 4) is 16.8 Å². The van der Waals surface area contributed by atoms with Gasteiger partial charge >= 0.3 is 0 Å². The number of fused-ring (bicyclic) bond motifs is 3. The summed E-state index contributed by atoms with van der Waals surface area (Å²) in [5, 5.41) is 2.49. The molecule has 0 atom stereocenters. The molecule has 0 N–H and O–H groups in total. The molecule has 0 aliphatic rings. The van der Waals surface area contributed by atoms with Gasteiger partial charge in [0.2, 0.25) is 0 Å². The van der Waals surface area contributed by atoms with E-state index in [9.17, 15) is 0 Å². The van der Waals surface area contributed by atoms with E-state index in [1.807, 2.05) is 0 Å². The van der Waals surface area contributed by atoms with Crippen LogP contribution in [0.1, 0.15) is 5.56 Å². The molecule has 0 spiro atoms. The van der Waals surface area contributed by atoms with Crippen LogP contribution < -0.4 is 4.90 Å². The number of hydrogen-bond acceptors (Lipinski definition) is 1. The Hall–Kier alpha value is -5.08. The van der Waals surface area contributed by atoms with Gasteiger partial charge in [0, 0.05) is 33.5 Å². The van der Waals surface area contributed by atoms with Crippen LogP contribution in [0.2, 0.25) is 0 Å². The Bertz CT molecular complexity index is 1880. The van der Waals surface area contributed by atoms with Gasteiger partial charge in [-0.1, -0.05) is 96.6 Å². The molecular weight excluding hydrogens is 472 g/mol. The summed E-state index contributed by atoms with van der Waals surface area (Å²) in [6.07, 6.45) is 0. The molecule has 0 radical (unpaired) electrons. The maximum atomic E-state index is 2.38. The van der Waals surface area contributed by atoms with E-state index in [-0.39, 0.29) is 0 Å². The van der Waals surface area contributed by atoms with Crippen molar-refractivity contribution >= 4 is 38.9 Å². The molecule has 0 saturated heterocycles. The van der Waals surface area contributed by atoms with Crippen molar-refractivity contribution in [2.75, 3.05) is 4.90 Å². The summed E-state index contributed by atoms with van der Waals surface area (Å²) in [5.41, 5.74) is 10.7. The second-order valence-corrected chi connectivity index (χ2v) is 9.97. The van der Waals surface area contributed by atoms with E-state index in [2.05, 4.69) is 168 Å². The van der Waals surface area contributed by atoms with E-state index in [1.165, 1.54) is 38.5 Å². The highest BCUT2D eigenvalue weighted by atomic mass is 15.1. The zero-order valence-electron chi connectivity index (χ0n) is 21.8. The molecule has 0 saturated carbocycles. The quantitative estimate of drug-likeness (QED) is 0.228. The lowest BCUT2D eigenvalue weighted by molar-refractivity contribution is 1.18. The maximum absolute atomic E-state index is 2.38. The SMILES string of the molecule is Cc1ccc(N(c2ccccc2)c2ccc3c(c2)c2ccccc2n3-c2ccc(-c3ccccc3)cc2)cc1. The highest BCUT2D eigenvalue weighted by Crippen LogP contribution is 2.39. The van der Waals surface area contributed by atoms with Crippen LogP contribution in [0.15, 0.2) is 152 Å². The van der Waals surface area contributed by atoms with Crippen LogP contribution in [0.25, 0.3) is 38.6 Å². The number of benzene rings is 6.